The fraction of sp³-hybridized carbons (Fsp3) is 0.100. The van der Waals surface area contributed by atoms with Gasteiger partial charge in [0.05, 0.1) is 0 Å². The Bertz CT molecular complexity index is 580. The molecule has 2 rings (SSSR count). The molecule has 0 saturated carbocycles. The van der Waals surface area contributed by atoms with Gasteiger partial charge in [-0.25, -0.2) is 9.67 Å². The Balaban J connectivity index is 2.41. The lowest BCUT2D eigenvalue weighted by molar-refractivity contribution is -0.141. The van der Waals surface area contributed by atoms with Crippen LogP contribution in [0.5, 0.6) is 0 Å². The molecule has 0 atom stereocenters. The van der Waals surface area contributed by atoms with Crippen molar-refractivity contribution >= 4 is 0 Å². The van der Waals surface area contributed by atoms with Crippen LogP contribution in [0, 0.1) is 11.3 Å². The highest BCUT2D eigenvalue weighted by molar-refractivity contribution is 5.29. The van der Waals surface area contributed by atoms with Gasteiger partial charge in [-0.15, -0.1) is 0 Å². The summed E-state index contributed by atoms with van der Waals surface area (Å²) >= 11 is 0. The first kappa shape index (κ1) is 11.1. The van der Waals surface area contributed by atoms with Crippen molar-refractivity contribution in [3.63, 3.8) is 0 Å². The molecule has 2 aromatic rings. The molecule has 0 aliphatic carbocycles. The second-order valence-corrected chi connectivity index (χ2v) is 3.14. The van der Waals surface area contributed by atoms with Crippen LogP contribution < -0.4 is 0 Å². The summed E-state index contributed by atoms with van der Waals surface area (Å²) in [5, 5.41) is 12.0. The van der Waals surface area contributed by atoms with E-state index in [0.717, 1.165) is 16.9 Å². The quantitative estimate of drug-likeness (QED) is 0.764. The molecule has 86 valence electrons. The Kier molecular flexibility index (Phi) is 2.55. The van der Waals surface area contributed by atoms with E-state index in [9.17, 15) is 13.2 Å². The molecule has 0 bridgehead atoms. The van der Waals surface area contributed by atoms with E-state index in [0.29, 0.717) is 0 Å². The summed E-state index contributed by atoms with van der Waals surface area (Å²) < 4.78 is 37.9. The average Bonchev–Trinajstić information content (AvgIpc) is 2.78. The van der Waals surface area contributed by atoms with E-state index in [4.69, 9.17) is 5.26 Å². The molecule has 0 aliphatic heterocycles. The smallest absolute Gasteiger partial charge is 0.222 e. The van der Waals surface area contributed by atoms with Crippen molar-refractivity contribution in [1.29, 1.82) is 5.26 Å². The lowest BCUT2D eigenvalue weighted by Crippen LogP contribution is -2.07. The summed E-state index contributed by atoms with van der Waals surface area (Å²) in [6, 6.07) is 7.09. The maximum atomic E-state index is 12.3. The van der Waals surface area contributed by atoms with Gasteiger partial charge < -0.3 is 0 Å². The molecular formula is C10H5F3N4. The summed E-state index contributed by atoms with van der Waals surface area (Å²) in [7, 11) is 0. The first-order valence-corrected chi connectivity index (χ1v) is 4.51. The second-order valence-electron chi connectivity index (χ2n) is 3.14. The van der Waals surface area contributed by atoms with Crippen molar-refractivity contribution in [2.45, 2.75) is 6.18 Å². The summed E-state index contributed by atoms with van der Waals surface area (Å²) in [5.41, 5.74) is -0.881. The van der Waals surface area contributed by atoms with Gasteiger partial charge >= 0.3 is 6.18 Å². The summed E-state index contributed by atoms with van der Waals surface area (Å²) in [4.78, 5) is 3.83. The molecule has 0 aromatic carbocycles. The second kappa shape index (κ2) is 3.90. The Morgan fingerprint density at radius 3 is 2.59 bits per heavy atom. The third-order valence-corrected chi connectivity index (χ3v) is 1.96. The molecule has 2 aromatic heterocycles. The zero-order valence-electron chi connectivity index (χ0n) is 8.31. The number of nitriles is 1. The minimum Gasteiger partial charge on any atom is -0.222 e. The molecule has 2 heterocycles. The highest BCUT2D eigenvalue weighted by atomic mass is 19.4. The van der Waals surface area contributed by atoms with Crippen LogP contribution in [-0.4, -0.2) is 14.8 Å². The van der Waals surface area contributed by atoms with E-state index in [-0.39, 0.29) is 11.5 Å². The number of alkyl halides is 3. The van der Waals surface area contributed by atoms with Crippen molar-refractivity contribution in [2.24, 2.45) is 0 Å². The lowest BCUT2D eigenvalue weighted by Gasteiger charge is -2.02. The number of halogens is 3. The standard InChI is InChI=1S/C10H5F3N4/c11-10(12,13)8-4-5-17(16-8)9-3-1-2-7(6-14)15-9/h1-5H. The highest BCUT2D eigenvalue weighted by Crippen LogP contribution is 2.27. The van der Waals surface area contributed by atoms with Gasteiger partial charge in [0.25, 0.3) is 0 Å². The normalized spacial score (nSPS) is 11.2. The monoisotopic (exact) mass is 238 g/mol. The van der Waals surface area contributed by atoms with E-state index in [2.05, 4.69) is 10.1 Å². The summed E-state index contributed by atoms with van der Waals surface area (Å²) in [6.07, 6.45) is -3.34. The van der Waals surface area contributed by atoms with Gasteiger partial charge in [0.1, 0.15) is 11.8 Å². The van der Waals surface area contributed by atoms with Crippen molar-refractivity contribution < 1.29 is 13.2 Å². The van der Waals surface area contributed by atoms with E-state index >= 15 is 0 Å². The molecule has 0 fully saturated rings. The summed E-state index contributed by atoms with van der Waals surface area (Å²) in [6.45, 7) is 0. The van der Waals surface area contributed by atoms with Gasteiger partial charge in [-0.3, -0.25) is 0 Å². The summed E-state index contributed by atoms with van der Waals surface area (Å²) in [5.74, 6) is 0.166. The predicted molar refractivity (Wildman–Crippen MR) is 51.1 cm³/mol. The fourth-order valence-corrected chi connectivity index (χ4v) is 1.22. The van der Waals surface area contributed by atoms with Crippen molar-refractivity contribution in [1.82, 2.24) is 14.8 Å². The SMILES string of the molecule is N#Cc1cccc(-n2ccc(C(F)(F)F)n2)n1. The molecule has 0 radical (unpaired) electrons. The number of pyridine rings is 1. The van der Waals surface area contributed by atoms with Gasteiger partial charge in [-0.05, 0) is 18.2 Å². The molecule has 0 saturated heterocycles. The number of aromatic nitrogens is 3. The third kappa shape index (κ3) is 2.25. The Morgan fingerprint density at radius 1 is 1.24 bits per heavy atom. The van der Waals surface area contributed by atoms with Crippen LogP contribution in [-0.2, 0) is 6.18 Å². The average molecular weight is 238 g/mol. The largest absolute Gasteiger partial charge is 0.435 e. The van der Waals surface area contributed by atoms with Crippen LogP contribution in [0.4, 0.5) is 13.2 Å². The molecule has 17 heavy (non-hydrogen) atoms. The molecular weight excluding hydrogens is 233 g/mol. The molecule has 0 amide bonds. The van der Waals surface area contributed by atoms with Gasteiger partial charge in [-0.2, -0.15) is 23.5 Å². The number of hydrogen-bond donors (Lipinski definition) is 0. The third-order valence-electron chi connectivity index (χ3n) is 1.96. The van der Waals surface area contributed by atoms with Crippen LogP contribution in [0.15, 0.2) is 30.5 Å². The highest BCUT2D eigenvalue weighted by Gasteiger charge is 2.33. The van der Waals surface area contributed by atoms with E-state index in [1.165, 1.54) is 18.2 Å². The molecule has 0 N–H and O–H groups in total. The maximum Gasteiger partial charge on any atom is 0.435 e. The molecule has 0 spiro atoms. The minimum absolute atomic E-state index is 0.117. The molecule has 4 nitrogen and oxygen atoms in total. The van der Waals surface area contributed by atoms with Crippen molar-refractivity contribution in [3.05, 3.63) is 41.9 Å². The first-order valence-electron chi connectivity index (χ1n) is 4.51. The molecule has 7 heteroatoms. The van der Waals surface area contributed by atoms with Crippen molar-refractivity contribution in [3.8, 4) is 11.9 Å². The number of rotatable bonds is 1. The van der Waals surface area contributed by atoms with Crippen LogP contribution in [0.1, 0.15) is 11.4 Å². The van der Waals surface area contributed by atoms with Gasteiger partial charge in [0.2, 0.25) is 0 Å². The number of hydrogen-bond acceptors (Lipinski definition) is 3. The Labute approximate surface area is 93.9 Å². The zero-order valence-corrected chi connectivity index (χ0v) is 8.31. The van der Waals surface area contributed by atoms with Gasteiger partial charge in [-0.1, -0.05) is 6.07 Å². The van der Waals surface area contributed by atoms with Gasteiger partial charge in [0, 0.05) is 6.20 Å². The maximum absolute atomic E-state index is 12.3. The molecule has 0 aliphatic rings. The van der Waals surface area contributed by atoms with Crippen LogP contribution >= 0.6 is 0 Å². The van der Waals surface area contributed by atoms with Crippen LogP contribution in [0.3, 0.4) is 0 Å². The topological polar surface area (TPSA) is 54.5 Å². The van der Waals surface area contributed by atoms with Crippen LogP contribution in [0.2, 0.25) is 0 Å². The Morgan fingerprint density at radius 2 is 2.00 bits per heavy atom. The van der Waals surface area contributed by atoms with E-state index < -0.39 is 11.9 Å². The van der Waals surface area contributed by atoms with E-state index in [1.807, 2.05) is 0 Å². The number of nitrogens with zero attached hydrogens (tertiary/aromatic N) is 4. The first-order chi connectivity index (χ1) is 8.00. The lowest BCUT2D eigenvalue weighted by atomic mass is 10.4. The van der Waals surface area contributed by atoms with Gasteiger partial charge in [0.15, 0.2) is 11.5 Å². The van der Waals surface area contributed by atoms with E-state index in [1.54, 1.807) is 6.07 Å². The minimum atomic E-state index is -4.49. The zero-order chi connectivity index (χ0) is 12.5. The predicted octanol–water partition coefficient (Wildman–Crippen LogP) is 2.16. The Hall–Kier alpha value is -2.36. The fourth-order valence-electron chi connectivity index (χ4n) is 1.22. The molecule has 0 unspecified atom stereocenters. The van der Waals surface area contributed by atoms with Crippen molar-refractivity contribution in [2.75, 3.05) is 0 Å². The van der Waals surface area contributed by atoms with Crippen LogP contribution in [0.25, 0.3) is 5.82 Å².